The van der Waals surface area contributed by atoms with E-state index in [0.29, 0.717) is 0 Å². The third-order valence-corrected chi connectivity index (χ3v) is 3.54. The van der Waals surface area contributed by atoms with Gasteiger partial charge in [0.25, 0.3) is 5.69 Å². The Morgan fingerprint density at radius 3 is 2.78 bits per heavy atom. The maximum atomic E-state index is 10.8. The van der Waals surface area contributed by atoms with Crippen LogP contribution in [-0.4, -0.2) is 23.4 Å². The van der Waals surface area contributed by atoms with E-state index in [1.807, 2.05) is 6.07 Å². The Hall–Kier alpha value is -1.62. The molecule has 1 aliphatic rings. The van der Waals surface area contributed by atoms with E-state index in [2.05, 4.69) is 11.9 Å². The van der Waals surface area contributed by atoms with Crippen LogP contribution in [0.4, 0.5) is 11.4 Å². The second kappa shape index (κ2) is 5.35. The molecule has 0 radical (unpaired) electrons. The lowest BCUT2D eigenvalue weighted by molar-refractivity contribution is -0.384. The first kappa shape index (κ1) is 12.8. The highest BCUT2D eigenvalue weighted by molar-refractivity contribution is 5.59. The van der Waals surface area contributed by atoms with Gasteiger partial charge in [0.05, 0.1) is 4.92 Å². The first-order valence-electron chi connectivity index (χ1n) is 6.27. The van der Waals surface area contributed by atoms with Gasteiger partial charge >= 0.3 is 0 Å². The number of rotatable bonds is 5. The minimum atomic E-state index is -0.426. The molecule has 18 heavy (non-hydrogen) atoms. The van der Waals surface area contributed by atoms with Crippen molar-refractivity contribution in [1.82, 2.24) is 4.90 Å². The number of nitrogens with zero attached hydrogens (tertiary/aromatic N) is 2. The SMILES string of the molecule is CN(Cc1ccc(N)c([N+](=O)[O-])c1)CC1CCC1. The molecule has 5 heteroatoms. The monoisotopic (exact) mass is 249 g/mol. The molecular formula is C13H19N3O2. The Balaban J connectivity index is 1.99. The quantitative estimate of drug-likeness (QED) is 0.494. The number of nitro groups is 1. The summed E-state index contributed by atoms with van der Waals surface area (Å²) in [7, 11) is 2.06. The van der Waals surface area contributed by atoms with Gasteiger partial charge in [-0.1, -0.05) is 12.5 Å². The molecule has 0 aromatic heterocycles. The van der Waals surface area contributed by atoms with Crippen molar-refractivity contribution < 1.29 is 4.92 Å². The van der Waals surface area contributed by atoms with Crippen LogP contribution in [-0.2, 0) is 6.54 Å². The molecule has 0 unspecified atom stereocenters. The van der Waals surface area contributed by atoms with Gasteiger partial charge in [-0.05, 0) is 37.4 Å². The second-order valence-corrected chi connectivity index (χ2v) is 5.14. The summed E-state index contributed by atoms with van der Waals surface area (Å²) in [5.74, 6) is 0.804. The summed E-state index contributed by atoms with van der Waals surface area (Å²) in [4.78, 5) is 12.6. The van der Waals surface area contributed by atoms with Gasteiger partial charge in [0.15, 0.2) is 0 Å². The summed E-state index contributed by atoms with van der Waals surface area (Å²) in [5, 5.41) is 10.8. The van der Waals surface area contributed by atoms with Crippen LogP contribution in [0.1, 0.15) is 24.8 Å². The molecule has 1 saturated carbocycles. The lowest BCUT2D eigenvalue weighted by atomic mass is 9.85. The lowest BCUT2D eigenvalue weighted by Gasteiger charge is -2.30. The Labute approximate surface area is 107 Å². The van der Waals surface area contributed by atoms with Crippen LogP contribution in [0.3, 0.4) is 0 Å². The summed E-state index contributed by atoms with van der Waals surface area (Å²) in [5.41, 5.74) is 6.75. The molecular weight excluding hydrogens is 230 g/mol. The third-order valence-electron chi connectivity index (χ3n) is 3.54. The van der Waals surface area contributed by atoms with Crippen LogP contribution in [0, 0.1) is 16.0 Å². The number of hydrogen-bond donors (Lipinski definition) is 1. The number of anilines is 1. The van der Waals surface area contributed by atoms with E-state index in [1.165, 1.54) is 19.3 Å². The van der Waals surface area contributed by atoms with Gasteiger partial charge < -0.3 is 10.6 Å². The van der Waals surface area contributed by atoms with Crippen LogP contribution in [0.5, 0.6) is 0 Å². The van der Waals surface area contributed by atoms with Crippen molar-refractivity contribution >= 4 is 11.4 Å². The van der Waals surface area contributed by atoms with Crippen LogP contribution < -0.4 is 5.73 Å². The first-order chi connectivity index (χ1) is 8.56. The van der Waals surface area contributed by atoms with E-state index in [4.69, 9.17) is 5.73 Å². The molecule has 1 fully saturated rings. The molecule has 98 valence electrons. The zero-order valence-electron chi connectivity index (χ0n) is 10.6. The molecule has 0 spiro atoms. The average Bonchev–Trinajstić information content (AvgIpc) is 2.26. The molecule has 2 rings (SSSR count). The Kier molecular flexibility index (Phi) is 3.81. The average molecular weight is 249 g/mol. The van der Waals surface area contributed by atoms with E-state index in [1.54, 1.807) is 12.1 Å². The van der Waals surface area contributed by atoms with Gasteiger partial charge in [0.1, 0.15) is 5.69 Å². The third kappa shape index (κ3) is 2.98. The van der Waals surface area contributed by atoms with E-state index in [-0.39, 0.29) is 11.4 Å². The van der Waals surface area contributed by atoms with E-state index < -0.39 is 4.92 Å². The highest BCUT2D eigenvalue weighted by atomic mass is 16.6. The zero-order chi connectivity index (χ0) is 13.1. The molecule has 0 amide bonds. The number of nitrogens with two attached hydrogens (primary N) is 1. The van der Waals surface area contributed by atoms with Gasteiger partial charge in [0.2, 0.25) is 0 Å². The highest BCUT2D eigenvalue weighted by Crippen LogP contribution is 2.28. The number of hydrogen-bond acceptors (Lipinski definition) is 4. The van der Waals surface area contributed by atoms with Gasteiger partial charge in [0, 0.05) is 19.2 Å². The van der Waals surface area contributed by atoms with Gasteiger partial charge in [-0.15, -0.1) is 0 Å². The van der Waals surface area contributed by atoms with Crippen molar-refractivity contribution in [3.05, 3.63) is 33.9 Å². The number of benzene rings is 1. The summed E-state index contributed by atoms with van der Waals surface area (Å²) in [6.45, 7) is 1.80. The predicted molar refractivity (Wildman–Crippen MR) is 71.2 cm³/mol. The van der Waals surface area contributed by atoms with Crippen molar-refractivity contribution in [3.8, 4) is 0 Å². The molecule has 0 heterocycles. The topological polar surface area (TPSA) is 72.4 Å². The summed E-state index contributed by atoms with van der Waals surface area (Å²) in [6.07, 6.45) is 3.96. The second-order valence-electron chi connectivity index (χ2n) is 5.14. The molecule has 0 atom stereocenters. The molecule has 2 N–H and O–H groups in total. The highest BCUT2D eigenvalue weighted by Gasteiger charge is 2.19. The molecule has 0 bridgehead atoms. The molecule has 1 aromatic carbocycles. The molecule has 0 saturated heterocycles. The van der Waals surface area contributed by atoms with Crippen molar-refractivity contribution in [2.75, 3.05) is 19.3 Å². The first-order valence-corrected chi connectivity index (χ1v) is 6.27. The maximum Gasteiger partial charge on any atom is 0.292 e. The van der Waals surface area contributed by atoms with Crippen molar-refractivity contribution in [2.45, 2.75) is 25.8 Å². The lowest BCUT2D eigenvalue weighted by Crippen LogP contribution is -2.29. The minimum absolute atomic E-state index is 0.00421. The summed E-state index contributed by atoms with van der Waals surface area (Å²) >= 11 is 0. The Morgan fingerprint density at radius 1 is 1.50 bits per heavy atom. The summed E-state index contributed by atoms with van der Waals surface area (Å²) < 4.78 is 0. The fourth-order valence-corrected chi connectivity index (χ4v) is 2.34. The van der Waals surface area contributed by atoms with Crippen LogP contribution >= 0.6 is 0 Å². The summed E-state index contributed by atoms with van der Waals surface area (Å²) in [6, 6.07) is 5.05. The molecule has 5 nitrogen and oxygen atoms in total. The van der Waals surface area contributed by atoms with Crippen molar-refractivity contribution in [2.24, 2.45) is 5.92 Å². The molecule has 1 aliphatic carbocycles. The maximum absolute atomic E-state index is 10.8. The van der Waals surface area contributed by atoms with E-state index in [0.717, 1.165) is 24.6 Å². The molecule has 0 aliphatic heterocycles. The number of nitro benzene ring substituents is 1. The largest absolute Gasteiger partial charge is 0.393 e. The molecule has 1 aromatic rings. The Bertz CT molecular complexity index is 444. The predicted octanol–water partition coefficient (Wildman–Crippen LogP) is 2.41. The standard InChI is InChI=1S/C13H19N3O2/c1-15(8-10-3-2-4-10)9-11-5-6-12(14)13(7-11)16(17)18/h5-7,10H,2-4,8-9,14H2,1H3. The normalized spacial score (nSPS) is 15.7. The van der Waals surface area contributed by atoms with Crippen molar-refractivity contribution in [3.63, 3.8) is 0 Å². The number of nitrogen functional groups attached to an aromatic ring is 1. The van der Waals surface area contributed by atoms with Crippen LogP contribution in [0.15, 0.2) is 18.2 Å². The van der Waals surface area contributed by atoms with Crippen molar-refractivity contribution in [1.29, 1.82) is 0 Å². The van der Waals surface area contributed by atoms with E-state index >= 15 is 0 Å². The fourth-order valence-electron chi connectivity index (χ4n) is 2.34. The smallest absolute Gasteiger partial charge is 0.292 e. The fraction of sp³-hybridized carbons (Fsp3) is 0.538. The van der Waals surface area contributed by atoms with E-state index in [9.17, 15) is 10.1 Å². The Morgan fingerprint density at radius 2 is 2.22 bits per heavy atom. The van der Waals surface area contributed by atoms with Gasteiger partial charge in [-0.3, -0.25) is 10.1 Å². The van der Waals surface area contributed by atoms with Gasteiger partial charge in [-0.25, -0.2) is 0 Å². The van der Waals surface area contributed by atoms with Gasteiger partial charge in [-0.2, -0.15) is 0 Å². The van der Waals surface area contributed by atoms with Crippen LogP contribution in [0.25, 0.3) is 0 Å². The van der Waals surface area contributed by atoms with Crippen LogP contribution in [0.2, 0.25) is 0 Å². The minimum Gasteiger partial charge on any atom is -0.393 e. The zero-order valence-corrected chi connectivity index (χ0v) is 10.6.